The van der Waals surface area contributed by atoms with Gasteiger partial charge in [0.05, 0.1) is 13.1 Å². The minimum atomic E-state index is 0.0281. The molecule has 6 nitrogen and oxygen atoms in total. The molecule has 2 aliphatic rings. The van der Waals surface area contributed by atoms with Gasteiger partial charge in [0, 0.05) is 45.0 Å². The molecular weight excluding hydrogens is 376 g/mol. The Morgan fingerprint density at radius 1 is 0.867 bits per heavy atom. The maximum Gasteiger partial charge on any atom is 0.238 e. The molecule has 2 aliphatic heterocycles. The molecule has 0 aromatic heterocycles. The van der Waals surface area contributed by atoms with Crippen molar-refractivity contribution in [2.24, 2.45) is 0 Å². The van der Waals surface area contributed by atoms with Gasteiger partial charge in [0.15, 0.2) is 0 Å². The van der Waals surface area contributed by atoms with Gasteiger partial charge in [-0.1, -0.05) is 38.8 Å². The lowest BCUT2D eigenvalue weighted by Crippen LogP contribution is -2.51. The van der Waals surface area contributed by atoms with E-state index >= 15 is 0 Å². The molecule has 2 amide bonds. The van der Waals surface area contributed by atoms with Crippen LogP contribution in [0.1, 0.15) is 57.4 Å². The molecule has 0 saturated carbocycles. The van der Waals surface area contributed by atoms with Gasteiger partial charge in [0.2, 0.25) is 11.8 Å². The molecule has 2 saturated heterocycles. The first-order valence-electron chi connectivity index (χ1n) is 11.7. The molecule has 0 bridgehead atoms. The molecule has 30 heavy (non-hydrogen) atoms. The summed E-state index contributed by atoms with van der Waals surface area (Å²) in [6.07, 6.45) is 5.87. The third-order valence-corrected chi connectivity index (χ3v) is 6.53. The Balaban J connectivity index is 1.37. The summed E-state index contributed by atoms with van der Waals surface area (Å²) in [5, 5.41) is 3.01. The van der Waals surface area contributed by atoms with E-state index in [9.17, 15) is 9.59 Å². The van der Waals surface area contributed by atoms with Gasteiger partial charge in [-0.05, 0) is 42.9 Å². The lowest BCUT2D eigenvalue weighted by Gasteiger charge is -2.35. The SMILES string of the molecule is CCC(C)c1ccc(NC(=O)CN2CCN(CC(=O)N3CCCCCC3)CC2)cc1. The Kier molecular flexibility index (Phi) is 8.70. The van der Waals surface area contributed by atoms with Crippen molar-refractivity contribution in [2.45, 2.75) is 51.9 Å². The number of rotatable bonds is 7. The first kappa shape index (κ1) is 22.8. The Morgan fingerprint density at radius 3 is 2.00 bits per heavy atom. The van der Waals surface area contributed by atoms with Gasteiger partial charge >= 0.3 is 0 Å². The van der Waals surface area contributed by atoms with Crippen LogP contribution < -0.4 is 5.32 Å². The molecule has 6 heteroatoms. The van der Waals surface area contributed by atoms with Crippen LogP contribution in [0, 0.1) is 0 Å². The third kappa shape index (κ3) is 6.81. The Morgan fingerprint density at radius 2 is 1.43 bits per heavy atom. The molecule has 0 spiro atoms. The van der Waals surface area contributed by atoms with Crippen LogP contribution in [-0.4, -0.2) is 78.9 Å². The highest BCUT2D eigenvalue weighted by Gasteiger charge is 2.23. The van der Waals surface area contributed by atoms with Crippen molar-refractivity contribution in [3.63, 3.8) is 0 Å². The highest BCUT2D eigenvalue weighted by atomic mass is 16.2. The molecule has 1 N–H and O–H groups in total. The second-order valence-corrected chi connectivity index (χ2v) is 8.83. The zero-order valence-corrected chi connectivity index (χ0v) is 18.7. The van der Waals surface area contributed by atoms with Crippen LogP contribution in [-0.2, 0) is 9.59 Å². The van der Waals surface area contributed by atoms with E-state index in [1.54, 1.807) is 0 Å². The van der Waals surface area contributed by atoms with Crippen molar-refractivity contribution in [2.75, 3.05) is 57.7 Å². The van der Waals surface area contributed by atoms with E-state index in [0.717, 1.165) is 64.2 Å². The Bertz CT molecular complexity index is 675. The van der Waals surface area contributed by atoms with E-state index in [2.05, 4.69) is 41.1 Å². The Labute approximate surface area is 181 Å². The fourth-order valence-electron chi connectivity index (χ4n) is 4.25. The third-order valence-electron chi connectivity index (χ3n) is 6.53. The molecule has 1 aromatic rings. The standard InChI is InChI=1S/C24H38N4O2/c1-3-20(2)21-8-10-22(11-9-21)25-23(29)18-26-14-16-27(17-15-26)19-24(30)28-12-6-4-5-7-13-28/h8-11,20H,3-7,12-19H2,1-2H3,(H,25,29). The van der Waals surface area contributed by atoms with Gasteiger partial charge in [-0.15, -0.1) is 0 Å². The van der Waals surface area contributed by atoms with Crippen LogP contribution in [0.4, 0.5) is 5.69 Å². The molecule has 2 fully saturated rings. The molecular formula is C24H38N4O2. The van der Waals surface area contributed by atoms with Crippen molar-refractivity contribution in [1.29, 1.82) is 0 Å². The van der Waals surface area contributed by atoms with Crippen LogP contribution >= 0.6 is 0 Å². The first-order valence-corrected chi connectivity index (χ1v) is 11.7. The smallest absolute Gasteiger partial charge is 0.238 e. The average Bonchev–Trinajstić information content (AvgIpc) is 3.05. The summed E-state index contributed by atoms with van der Waals surface area (Å²) in [5.41, 5.74) is 2.16. The number of piperazine rings is 1. The largest absolute Gasteiger partial charge is 0.342 e. The molecule has 2 heterocycles. The number of amides is 2. The van der Waals surface area contributed by atoms with E-state index < -0.39 is 0 Å². The summed E-state index contributed by atoms with van der Waals surface area (Å²) < 4.78 is 0. The number of benzene rings is 1. The van der Waals surface area contributed by atoms with Crippen LogP contribution in [0.15, 0.2) is 24.3 Å². The fourth-order valence-corrected chi connectivity index (χ4v) is 4.25. The molecule has 1 unspecified atom stereocenters. The highest BCUT2D eigenvalue weighted by molar-refractivity contribution is 5.92. The number of carbonyl (C=O) groups excluding carboxylic acids is 2. The van der Waals surface area contributed by atoms with Gasteiger partial charge in [0.1, 0.15) is 0 Å². The van der Waals surface area contributed by atoms with Gasteiger partial charge < -0.3 is 10.2 Å². The molecule has 0 radical (unpaired) electrons. The number of hydrogen-bond acceptors (Lipinski definition) is 4. The maximum absolute atomic E-state index is 12.6. The average molecular weight is 415 g/mol. The summed E-state index contributed by atoms with van der Waals surface area (Å²) in [7, 11) is 0. The van der Waals surface area contributed by atoms with Gasteiger partial charge in [0.25, 0.3) is 0 Å². The highest BCUT2D eigenvalue weighted by Crippen LogP contribution is 2.20. The van der Waals surface area contributed by atoms with Crippen molar-refractivity contribution in [3.8, 4) is 0 Å². The van der Waals surface area contributed by atoms with Crippen molar-refractivity contribution < 1.29 is 9.59 Å². The number of likely N-dealkylation sites (tertiary alicyclic amines) is 1. The summed E-state index contributed by atoms with van der Waals surface area (Å²) in [5.74, 6) is 0.835. The van der Waals surface area contributed by atoms with E-state index in [4.69, 9.17) is 0 Å². The molecule has 1 aromatic carbocycles. The summed E-state index contributed by atoms with van der Waals surface area (Å²) in [4.78, 5) is 31.4. The predicted octanol–water partition coefficient (Wildman–Crippen LogP) is 3.16. The van der Waals surface area contributed by atoms with Crippen LogP contribution in [0.2, 0.25) is 0 Å². The van der Waals surface area contributed by atoms with E-state index in [0.29, 0.717) is 19.0 Å². The molecule has 0 aliphatic carbocycles. The monoisotopic (exact) mass is 414 g/mol. The second kappa shape index (κ2) is 11.5. The predicted molar refractivity (Wildman–Crippen MR) is 122 cm³/mol. The normalized spacial score (nSPS) is 19.9. The minimum absolute atomic E-state index is 0.0281. The quantitative estimate of drug-likeness (QED) is 0.745. The number of hydrogen-bond donors (Lipinski definition) is 1. The topological polar surface area (TPSA) is 55.9 Å². The zero-order valence-electron chi connectivity index (χ0n) is 18.7. The first-order chi connectivity index (χ1) is 14.5. The van der Waals surface area contributed by atoms with Gasteiger partial charge in [-0.2, -0.15) is 0 Å². The molecule has 3 rings (SSSR count). The summed E-state index contributed by atoms with van der Waals surface area (Å²) in [6, 6.07) is 8.19. The summed E-state index contributed by atoms with van der Waals surface area (Å²) in [6.45, 7) is 10.5. The number of nitrogens with one attached hydrogen (secondary N) is 1. The Hall–Kier alpha value is -1.92. The number of carbonyl (C=O) groups is 2. The van der Waals surface area contributed by atoms with Crippen LogP contribution in [0.3, 0.4) is 0 Å². The lowest BCUT2D eigenvalue weighted by atomic mass is 9.99. The lowest BCUT2D eigenvalue weighted by molar-refractivity contribution is -0.133. The van der Waals surface area contributed by atoms with Crippen molar-refractivity contribution in [1.82, 2.24) is 14.7 Å². The fraction of sp³-hybridized carbons (Fsp3) is 0.667. The molecule has 1 atom stereocenters. The van der Waals surface area contributed by atoms with Crippen LogP contribution in [0.5, 0.6) is 0 Å². The second-order valence-electron chi connectivity index (χ2n) is 8.83. The van der Waals surface area contributed by atoms with E-state index in [1.807, 2.05) is 17.0 Å². The zero-order chi connectivity index (χ0) is 21.3. The van der Waals surface area contributed by atoms with Crippen molar-refractivity contribution >= 4 is 17.5 Å². The van der Waals surface area contributed by atoms with Crippen molar-refractivity contribution in [3.05, 3.63) is 29.8 Å². The summed E-state index contributed by atoms with van der Waals surface area (Å²) >= 11 is 0. The minimum Gasteiger partial charge on any atom is -0.342 e. The van der Waals surface area contributed by atoms with E-state index in [-0.39, 0.29) is 11.8 Å². The molecule has 166 valence electrons. The maximum atomic E-state index is 12.6. The van der Waals surface area contributed by atoms with Crippen LogP contribution in [0.25, 0.3) is 0 Å². The van der Waals surface area contributed by atoms with E-state index in [1.165, 1.54) is 18.4 Å². The number of nitrogens with zero attached hydrogens (tertiary/aromatic N) is 3. The number of anilines is 1. The van der Waals surface area contributed by atoms with Gasteiger partial charge in [-0.25, -0.2) is 0 Å². The van der Waals surface area contributed by atoms with Gasteiger partial charge in [-0.3, -0.25) is 19.4 Å².